The second kappa shape index (κ2) is 5.60. The molecule has 2 unspecified atom stereocenters. The van der Waals surface area contributed by atoms with Gasteiger partial charge in [0, 0.05) is 18.6 Å². The topological polar surface area (TPSA) is 79.1 Å². The Morgan fingerprint density at radius 3 is 2.95 bits per heavy atom. The fraction of sp³-hybridized carbons (Fsp3) is 0.667. The zero-order chi connectivity index (χ0) is 13.2. The number of fused-ring (bicyclic) bond motifs is 1. The van der Waals surface area contributed by atoms with Crippen LogP contribution >= 0.6 is 15.9 Å². The third-order valence-electron chi connectivity index (χ3n) is 4.09. The number of halogens is 1. The number of hydrogen-bond donors (Lipinski definition) is 3. The fourth-order valence-electron chi connectivity index (χ4n) is 3.12. The molecule has 6 nitrogen and oxygen atoms in total. The molecule has 0 saturated carbocycles. The van der Waals surface area contributed by atoms with Crippen LogP contribution in [-0.4, -0.2) is 40.0 Å². The average molecular weight is 327 g/mol. The quantitative estimate of drug-likeness (QED) is 0.578. The van der Waals surface area contributed by atoms with Crippen LogP contribution in [0.15, 0.2) is 10.8 Å². The smallest absolute Gasteiger partial charge is 0.159 e. The summed E-state index contributed by atoms with van der Waals surface area (Å²) in [6, 6.07) is 1.23. The molecule has 2 saturated heterocycles. The Bertz CT molecular complexity index is 454. The van der Waals surface area contributed by atoms with Crippen molar-refractivity contribution in [1.82, 2.24) is 14.9 Å². The standard InChI is InChI=1S/C12H19BrN6/c13-10-11(15-7-16-12(10)18-14)17-8-3-5-19-4-1-2-9(19)6-8/h7-9H,1-6,14H2,(H2,15,16,17,18). The number of rotatable bonds is 3. The van der Waals surface area contributed by atoms with Crippen molar-refractivity contribution in [2.24, 2.45) is 5.84 Å². The van der Waals surface area contributed by atoms with Crippen molar-refractivity contribution < 1.29 is 0 Å². The minimum atomic E-state index is 0.483. The van der Waals surface area contributed by atoms with Gasteiger partial charge in [-0.25, -0.2) is 15.8 Å². The molecule has 2 aliphatic rings. The van der Waals surface area contributed by atoms with E-state index in [1.165, 1.54) is 45.1 Å². The van der Waals surface area contributed by atoms with Crippen molar-refractivity contribution in [2.75, 3.05) is 23.8 Å². The van der Waals surface area contributed by atoms with E-state index in [4.69, 9.17) is 5.84 Å². The molecule has 104 valence electrons. The summed E-state index contributed by atoms with van der Waals surface area (Å²) >= 11 is 3.48. The maximum Gasteiger partial charge on any atom is 0.159 e. The molecule has 0 amide bonds. The minimum Gasteiger partial charge on any atom is -0.366 e. The summed E-state index contributed by atoms with van der Waals surface area (Å²) in [7, 11) is 0. The molecular formula is C12H19BrN6. The highest BCUT2D eigenvalue weighted by Gasteiger charge is 2.31. The van der Waals surface area contributed by atoms with Gasteiger partial charge in [0.2, 0.25) is 0 Å². The number of aromatic nitrogens is 2. The third kappa shape index (κ3) is 2.68. The first-order valence-electron chi connectivity index (χ1n) is 6.75. The fourth-order valence-corrected chi connectivity index (χ4v) is 3.55. The molecule has 7 heteroatoms. The Hall–Kier alpha value is -0.920. The Morgan fingerprint density at radius 1 is 1.26 bits per heavy atom. The molecule has 0 bridgehead atoms. The SMILES string of the molecule is NNc1ncnc(NC2CCN3CCCC3C2)c1Br. The number of nitrogens with zero attached hydrogens (tertiary/aromatic N) is 3. The minimum absolute atomic E-state index is 0.483. The molecule has 1 aromatic heterocycles. The normalized spacial score (nSPS) is 27.1. The van der Waals surface area contributed by atoms with E-state index in [1.807, 2.05) is 0 Å². The van der Waals surface area contributed by atoms with E-state index < -0.39 is 0 Å². The van der Waals surface area contributed by atoms with Crippen LogP contribution in [0.3, 0.4) is 0 Å². The van der Waals surface area contributed by atoms with Gasteiger partial charge in [-0.1, -0.05) is 0 Å². The van der Waals surface area contributed by atoms with E-state index in [1.54, 1.807) is 0 Å². The van der Waals surface area contributed by atoms with Crippen LogP contribution in [0.5, 0.6) is 0 Å². The molecule has 3 heterocycles. The summed E-state index contributed by atoms with van der Waals surface area (Å²) in [5.74, 6) is 6.84. The van der Waals surface area contributed by atoms with E-state index in [0.29, 0.717) is 11.9 Å². The summed E-state index contributed by atoms with van der Waals surface area (Å²) < 4.78 is 0.798. The van der Waals surface area contributed by atoms with Gasteiger partial charge in [0.25, 0.3) is 0 Å². The van der Waals surface area contributed by atoms with Gasteiger partial charge >= 0.3 is 0 Å². The molecule has 0 aromatic carbocycles. The van der Waals surface area contributed by atoms with E-state index in [2.05, 4.69) is 41.5 Å². The van der Waals surface area contributed by atoms with Gasteiger partial charge in [-0.2, -0.15) is 0 Å². The number of nitrogens with two attached hydrogens (primary N) is 1. The molecule has 3 rings (SSSR count). The van der Waals surface area contributed by atoms with Crippen LogP contribution in [-0.2, 0) is 0 Å². The number of anilines is 2. The first kappa shape index (κ1) is 13.1. The van der Waals surface area contributed by atoms with Gasteiger partial charge in [0.1, 0.15) is 16.6 Å². The lowest BCUT2D eigenvalue weighted by molar-refractivity contribution is 0.188. The highest BCUT2D eigenvalue weighted by Crippen LogP contribution is 2.31. The summed E-state index contributed by atoms with van der Waals surface area (Å²) in [5, 5.41) is 3.52. The lowest BCUT2D eigenvalue weighted by Crippen LogP contribution is -2.42. The van der Waals surface area contributed by atoms with Crippen LogP contribution in [0.1, 0.15) is 25.7 Å². The molecule has 0 aliphatic carbocycles. The van der Waals surface area contributed by atoms with Crippen molar-refractivity contribution in [2.45, 2.75) is 37.8 Å². The van der Waals surface area contributed by atoms with Crippen molar-refractivity contribution in [3.8, 4) is 0 Å². The maximum atomic E-state index is 5.42. The second-order valence-electron chi connectivity index (χ2n) is 5.23. The summed E-state index contributed by atoms with van der Waals surface area (Å²) in [5.41, 5.74) is 2.56. The lowest BCUT2D eigenvalue weighted by Gasteiger charge is -2.35. The molecule has 2 fully saturated rings. The van der Waals surface area contributed by atoms with Crippen LogP contribution in [0.25, 0.3) is 0 Å². The lowest BCUT2D eigenvalue weighted by atomic mass is 9.97. The monoisotopic (exact) mass is 326 g/mol. The molecule has 19 heavy (non-hydrogen) atoms. The largest absolute Gasteiger partial charge is 0.366 e. The summed E-state index contributed by atoms with van der Waals surface area (Å²) in [6.07, 6.45) is 6.56. The van der Waals surface area contributed by atoms with Crippen molar-refractivity contribution >= 4 is 27.6 Å². The molecule has 2 atom stereocenters. The Morgan fingerprint density at radius 2 is 2.11 bits per heavy atom. The van der Waals surface area contributed by atoms with Crippen molar-refractivity contribution in [1.29, 1.82) is 0 Å². The van der Waals surface area contributed by atoms with Crippen molar-refractivity contribution in [3.05, 3.63) is 10.8 Å². The van der Waals surface area contributed by atoms with E-state index in [0.717, 1.165) is 16.3 Å². The Kier molecular flexibility index (Phi) is 3.86. The molecule has 0 radical (unpaired) electrons. The molecule has 0 spiro atoms. The first-order chi connectivity index (χ1) is 9.28. The van der Waals surface area contributed by atoms with Crippen LogP contribution in [0, 0.1) is 0 Å². The summed E-state index contributed by atoms with van der Waals surface area (Å²) in [6.45, 7) is 2.46. The number of hydrogen-bond acceptors (Lipinski definition) is 6. The van der Waals surface area contributed by atoms with Crippen molar-refractivity contribution in [3.63, 3.8) is 0 Å². The van der Waals surface area contributed by atoms with Gasteiger partial charge in [0.05, 0.1) is 0 Å². The van der Waals surface area contributed by atoms with E-state index >= 15 is 0 Å². The highest BCUT2D eigenvalue weighted by molar-refractivity contribution is 9.10. The Balaban J connectivity index is 1.68. The zero-order valence-electron chi connectivity index (χ0n) is 10.8. The van der Waals surface area contributed by atoms with Crippen LogP contribution < -0.4 is 16.6 Å². The van der Waals surface area contributed by atoms with Crippen LogP contribution in [0.2, 0.25) is 0 Å². The predicted molar refractivity (Wildman–Crippen MR) is 78.8 cm³/mol. The summed E-state index contributed by atoms with van der Waals surface area (Å²) in [4.78, 5) is 11.0. The van der Waals surface area contributed by atoms with Gasteiger partial charge in [-0.15, -0.1) is 0 Å². The van der Waals surface area contributed by atoms with Gasteiger partial charge in [-0.3, -0.25) is 0 Å². The third-order valence-corrected chi connectivity index (χ3v) is 4.84. The highest BCUT2D eigenvalue weighted by atomic mass is 79.9. The first-order valence-corrected chi connectivity index (χ1v) is 7.55. The van der Waals surface area contributed by atoms with Gasteiger partial charge < -0.3 is 15.6 Å². The number of nitrogens with one attached hydrogen (secondary N) is 2. The predicted octanol–water partition coefficient (Wildman–Crippen LogP) is 1.56. The van der Waals surface area contributed by atoms with Crippen LogP contribution in [0.4, 0.5) is 11.6 Å². The van der Waals surface area contributed by atoms with Gasteiger partial charge in [0.15, 0.2) is 5.82 Å². The van der Waals surface area contributed by atoms with E-state index in [-0.39, 0.29) is 0 Å². The number of hydrazine groups is 1. The van der Waals surface area contributed by atoms with E-state index in [9.17, 15) is 0 Å². The number of piperidine rings is 1. The Labute approximate surface area is 121 Å². The molecular weight excluding hydrogens is 308 g/mol. The molecule has 1 aromatic rings. The molecule has 4 N–H and O–H groups in total. The molecule has 2 aliphatic heterocycles. The number of nitrogen functional groups attached to an aromatic ring is 1. The van der Waals surface area contributed by atoms with Gasteiger partial charge in [-0.05, 0) is 48.2 Å². The maximum absolute atomic E-state index is 5.42. The second-order valence-corrected chi connectivity index (χ2v) is 6.02. The average Bonchev–Trinajstić information content (AvgIpc) is 2.88. The zero-order valence-corrected chi connectivity index (χ0v) is 12.4.